The lowest BCUT2D eigenvalue weighted by molar-refractivity contribution is -0.0850. The van der Waals surface area contributed by atoms with Crippen molar-refractivity contribution in [3.8, 4) is 6.07 Å². The molecule has 1 spiro atoms. The second kappa shape index (κ2) is 7.92. The summed E-state index contributed by atoms with van der Waals surface area (Å²) in [6, 6.07) is 12.3. The van der Waals surface area contributed by atoms with Crippen molar-refractivity contribution in [3.05, 3.63) is 58.1 Å². The number of nitrogens with one attached hydrogen (secondary N) is 1. The summed E-state index contributed by atoms with van der Waals surface area (Å²) >= 11 is 5.98. The highest BCUT2D eigenvalue weighted by Gasteiger charge is 2.54. The molecule has 9 heteroatoms. The van der Waals surface area contributed by atoms with Gasteiger partial charge in [0.2, 0.25) is 0 Å². The number of aromatic amines is 1. The Balaban J connectivity index is 1.08. The van der Waals surface area contributed by atoms with Crippen molar-refractivity contribution in [2.45, 2.75) is 25.9 Å². The number of Topliss-reactive ketones (excluding diaryl/α,β-unsaturated/α-hetero) is 1. The molecule has 0 atom stereocenters. The number of fused-ring (bicyclic) bond motifs is 1. The molecule has 8 nitrogen and oxygen atoms in total. The molecule has 1 aromatic heterocycles. The van der Waals surface area contributed by atoms with Crippen LogP contribution in [-0.2, 0) is 11.3 Å². The van der Waals surface area contributed by atoms with Gasteiger partial charge in [0.1, 0.15) is 17.6 Å². The molecule has 1 saturated heterocycles. The van der Waals surface area contributed by atoms with Crippen molar-refractivity contribution in [3.63, 3.8) is 0 Å². The number of rotatable bonds is 5. The first kappa shape index (κ1) is 20.5. The number of amides is 1. The minimum atomic E-state index is -0.366. The van der Waals surface area contributed by atoms with E-state index in [1.54, 1.807) is 41.3 Å². The van der Waals surface area contributed by atoms with Crippen LogP contribution in [0.2, 0.25) is 5.02 Å². The molecule has 32 heavy (non-hydrogen) atoms. The van der Waals surface area contributed by atoms with Crippen LogP contribution in [0.4, 0.5) is 4.79 Å². The maximum absolute atomic E-state index is 12.6. The molecule has 2 aromatic carbocycles. The molecule has 2 fully saturated rings. The van der Waals surface area contributed by atoms with Gasteiger partial charge in [-0.3, -0.25) is 4.79 Å². The van der Waals surface area contributed by atoms with Gasteiger partial charge < -0.3 is 9.64 Å². The van der Waals surface area contributed by atoms with Gasteiger partial charge in [-0.1, -0.05) is 11.6 Å². The fourth-order valence-corrected chi connectivity index (χ4v) is 5.15. The Morgan fingerprint density at radius 3 is 2.75 bits per heavy atom. The van der Waals surface area contributed by atoms with Gasteiger partial charge in [-0.05, 0) is 60.7 Å². The molecule has 1 aliphatic carbocycles. The van der Waals surface area contributed by atoms with E-state index in [9.17, 15) is 9.59 Å². The summed E-state index contributed by atoms with van der Waals surface area (Å²) in [5, 5.41) is 20.0. The SMILES string of the molecule is N#Cc1cc(Cl)cc(COC(=O)N2CC3(CC(CC(=O)c4ccc5n[nH]nc5c4)C3)C2)c1. The maximum Gasteiger partial charge on any atom is 0.410 e. The van der Waals surface area contributed by atoms with E-state index in [1.165, 1.54) is 0 Å². The fraction of sp³-hybridized carbons (Fsp3) is 0.348. The number of nitriles is 1. The fourth-order valence-electron chi connectivity index (χ4n) is 4.89. The van der Waals surface area contributed by atoms with Crippen LogP contribution in [0.3, 0.4) is 0 Å². The minimum absolute atomic E-state index is 0.0740. The number of H-pyrrole nitrogens is 1. The van der Waals surface area contributed by atoms with Crippen LogP contribution < -0.4 is 0 Å². The number of carbonyl (C=O) groups is 2. The van der Waals surface area contributed by atoms with Crippen LogP contribution in [0, 0.1) is 22.7 Å². The van der Waals surface area contributed by atoms with Crippen LogP contribution in [-0.4, -0.2) is 45.3 Å². The molecule has 5 rings (SSSR count). The molecule has 1 aliphatic heterocycles. The summed E-state index contributed by atoms with van der Waals surface area (Å²) < 4.78 is 5.38. The van der Waals surface area contributed by atoms with Gasteiger partial charge in [0.15, 0.2) is 5.78 Å². The first-order valence-corrected chi connectivity index (χ1v) is 10.8. The van der Waals surface area contributed by atoms with Gasteiger partial charge in [0.25, 0.3) is 0 Å². The average Bonchev–Trinajstić information content (AvgIpc) is 3.20. The number of hydrogen-bond donors (Lipinski definition) is 1. The van der Waals surface area contributed by atoms with E-state index in [4.69, 9.17) is 21.6 Å². The number of aromatic nitrogens is 3. The molecule has 0 unspecified atom stereocenters. The number of likely N-dealkylation sites (tertiary alicyclic amines) is 1. The van der Waals surface area contributed by atoms with Gasteiger partial charge >= 0.3 is 6.09 Å². The summed E-state index contributed by atoms with van der Waals surface area (Å²) in [4.78, 5) is 26.6. The smallest absolute Gasteiger partial charge is 0.410 e. The van der Waals surface area contributed by atoms with Crippen molar-refractivity contribution in [2.24, 2.45) is 11.3 Å². The highest BCUT2D eigenvalue weighted by molar-refractivity contribution is 6.30. The molecule has 2 aliphatic rings. The summed E-state index contributed by atoms with van der Waals surface area (Å²) in [5.74, 6) is 0.452. The number of hydrogen-bond acceptors (Lipinski definition) is 6. The van der Waals surface area contributed by atoms with E-state index in [2.05, 4.69) is 15.4 Å². The Morgan fingerprint density at radius 2 is 1.97 bits per heavy atom. The van der Waals surface area contributed by atoms with E-state index < -0.39 is 0 Å². The highest BCUT2D eigenvalue weighted by Crippen LogP contribution is 2.53. The molecule has 1 N–H and O–H groups in total. The lowest BCUT2D eigenvalue weighted by Crippen LogP contribution is -2.63. The minimum Gasteiger partial charge on any atom is -0.445 e. The first-order valence-electron chi connectivity index (χ1n) is 10.4. The van der Waals surface area contributed by atoms with Crippen LogP contribution in [0.1, 0.15) is 40.7 Å². The standard InChI is InChI=1S/C23H20ClN5O3/c24-18-4-14(10-25)3-15(5-18)11-32-22(31)29-12-23(13-29)8-16(9-23)6-21(30)17-1-2-19-20(7-17)27-28-26-19/h1-5,7,16H,6,8-9,11-13H2,(H,26,27,28). The summed E-state index contributed by atoms with van der Waals surface area (Å²) in [7, 11) is 0. The van der Waals surface area contributed by atoms with Gasteiger partial charge in [-0.15, -0.1) is 0 Å². The monoisotopic (exact) mass is 449 g/mol. The van der Waals surface area contributed by atoms with E-state index in [1.807, 2.05) is 6.07 Å². The third-order valence-corrected chi connectivity index (χ3v) is 6.53. The van der Waals surface area contributed by atoms with Gasteiger partial charge in [0.05, 0.1) is 11.6 Å². The van der Waals surface area contributed by atoms with E-state index >= 15 is 0 Å². The zero-order valence-corrected chi connectivity index (χ0v) is 17.9. The van der Waals surface area contributed by atoms with Crippen LogP contribution in [0.25, 0.3) is 11.0 Å². The summed E-state index contributed by atoms with van der Waals surface area (Å²) in [5.41, 5.74) is 3.32. The van der Waals surface area contributed by atoms with E-state index in [0.717, 1.165) is 18.4 Å². The first-order chi connectivity index (χ1) is 15.4. The second-order valence-corrected chi connectivity index (χ2v) is 9.24. The molecule has 3 aromatic rings. The zero-order chi connectivity index (χ0) is 22.3. The van der Waals surface area contributed by atoms with Gasteiger partial charge in [-0.2, -0.15) is 20.7 Å². The number of halogens is 1. The maximum atomic E-state index is 12.6. The normalized spacial score (nSPS) is 16.9. The van der Waals surface area contributed by atoms with Crippen LogP contribution in [0.15, 0.2) is 36.4 Å². The molecule has 0 radical (unpaired) electrons. The van der Waals surface area contributed by atoms with Crippen molar-refractivity contribution in [1.82, 2.24) is 20.3 Å². The summed E-state index contributed by atoms with van der Waals surface area (Å²) in [6.45, 7) is 1.38. The van der Waals surface area contributed by atoms with Crippen molar-refractivity contribution >= 4 is 34.5 Å². The lowest BCUT2D eigenvalue weighted by Gasteiger charge is -2.58. The number of ether oxygens (including phenoxy) is 1. The Morgan fingerprint density at radius 1 is 1.19 bits per heavy atom. The van der Waals surface area contributed by atoms with E-state index in [-0.39, 0.29) is 23.9 Å². The predicted molar refractivity (Wildman–Crippen MR) is 116 cm³/mol. The largest absolute Gasteiger partial charge is 0.445 e. The molecule has 162 valence electrons. The molecule has 1 saturated carbocycles. The van der Waals surface area contributed by atoms with Crippen molar-refractivity contribution < 1.29 is 14.3 Å². The molecular weight excluding hydrogens is 430 g/mol. The Kier molecular flexibility index (Phi) is 5.06. The molecule has 0 bridgehead atoms. The highest BCUT2D eigenvalue weighted by atomic mass is 35.5. The average molecular weight is 450 g/mol. The third kappa shape index (κ3) is 3.92. The topological polar surface area (TPSA) is 112 Å². The van der Waals surface area contributed by atoms with Crippen molar-refractivity contribution in [1.29, 1.82) is 5.26 Å². The number of benzene rings is 2. The Bertz CT molecular complexity index is 1250. The van der Waals surface area contributed by atoms with Gasteiger partial charge in [0, 0.05) is 35.5 Å². The zero-order valence-electron chi connectivity index (χ0n) is 17.2. The van der Waals surface area contributed by atoms with Crippen LogP contribution >= 0.6 is 11.6 Å². The number of ketones is 1. The molecular formula is C23H20ClN5O3. The predicted octanol–water partition coefficient (Wildman–Crippen LogP) is 4.10. The number of carbonyl (C=O) groups excluding carboxylic acids is 2. The Hall–Kier alpha value is -3.44. The van der Waals surface area contributed by atoms with E-state index in [0.29, 0.717) is 52.7 Å². The van der Waals surface area contributed by atoms with Crippen LogP contribution in [0.5, 0.6) is 0 Å². The third-order valence-electron chi connectivity index (χ3n) is 6.32. The quantitative estimate of drug-likeness (QED) is 0.587. The molecule has 2 heterocycles. The lowest BCUT2D eigenvalue weighted by atomic mass is 9.56. The number of nitrogens with zero attached hydrogens (tertiary/aromatic N) is 4. The Labute approximate surface area is 189 Å². The summed E-state index contributed by atoms with van der Waals surface area (Å²) in [6.07, 6.45) is 2.02. The van der Waals surface area contributed by atoms with Crippen molar-refractivity contribution in [2.75, 3.05) is 13.1 Å². The molecule has 1 amide bonds. The second-order valence-electron chi connectivity index (χ2n) is 8.80. The van der Waals surface area contributed by atoms with Gasteiger partial charge in [-0.25, -0.2) is 4.79 Å².